The minimum atomic E-state index is 0.0914. The van der Waals surface area contributed by atoms with Gasteiger partial charge in [-0.15, -0.1) is 0 Å². The maximum Gasteiger partial charge on any atom is 0.317 e. The van der Waals surface area contributed by atoms with Crippen LogP contribution in [0.4, 0.5) is 4.79 Å². The summed E-state index contributed by atoms with van der Waals surface area (Å²) in [7, 11) is 1.91. The molecular weight excluding hydrogens is 212 g/mol. The summed E-state index contributed by atoms with van der Waals surface area (Å²) in [6.07, 6.45) is 3.36. The molecule has 2 aliphatic rings. The summed E-state index contributed by atoms with van der Waals surface area (Å²) in [4.78, 5) is 13.5. The molecule has 0 radical (unpaired) electrons. The van der Waals surface area contributed by atoms with Crippen molar-refractivity contribution in [2.24, 2.45) is 0 Å². The molecule has 1 aliphatic heterocycles. The molecule has 0 spiro atoms. The lowest BCUT2D eigenvalue weighted by atomic mass is 9.79. The molecule has 2 fully saturated rings. The Morgan fingerprint density at radius 2 is 2.00 bits per heavy atom. The van der Waals surface area contributed by atoms with Gasteiger partial charge in [-0.3, -0.25) is 0 Å². The second-order valence-electron chi connectivity index (χ2n) is 5.15. The van der Waals surface area contributed by atoms with Crippen LogP contribution >= 0.6 is 0 Å². The van der Waals surface area contributed by atoms with Gasteiger partial charge in [-0.25, -0.2) is 4.79 Å². The highest BCUT2D eigenvalue weighted by Gasteiger charge is 2.41. The topological polar surface area (TPSA) is 32.3 Å². The van der Waals surface area contributed by atoms with Gasteiger partial charge in [0.25, 0.3) is 0 Å². The number of fused-ring (bicyclic) bond motifs is 1. The first-order chi connectivity index (χ1) is 8.25. The van der Waals surface area contributed by atoms with E-state index in [1.54, 1.807) is 0 Å². The van der Waals surface area contributed by atoms with E-state index in [1.165, 1.54) is 12.0 Å². The first-order valence-corrected chi connectivity index (χ1v) is 6.34. The average molecular weight is 230 g/mol. The van der Waals surface area contributed by atoms with Crippen molar-refractivity contribution < 1.29 is 4.79 Å². The number of amides is 2. The van der Waals surface area contributed by atoms with Gasteiger partial charge in [0.1, 0.15) is 0 Å². The summed E-state index contributed by atoms with van der Waals surface area (Å²) < 4.78 is 0. The van der Waals surface area contributed by atoms with Crippen LogP contribution < -0.4 is 5.32 Å². The molecule has 1 unspecified atom stereocenters. The predicted molar refractivity (Wildman–Crippen MR) is 66.9 cm³/mol. The van der Waals surface area contributed by atoms with Crippen LogP contribution in [0.1, 0.15) is 30.7 Å². The number of nitrogens with one attached hydrogen (secondary N) is 1. The Kier molecular flexibility index (Phi) is 2.54. The van der Waals surface area contributed by atoms with Crippen molar-refractivity contribution in [3.63, 3.8) is 0 Å². The zero-order valence-corrected chi connectivity index (χ0v) is 10.1. The SMILES string of the molecule is CN1C(=O)N[C@@H]2CCC(c3ccccc3)C[C@H]21. The second kappa shape index (κ2) is 4.06. The Balaban J connectivity index is 1.78. The summed E-state index contributed by atoms with van der Waals surface area (Å²) >= 11 is 0. The Labute approximate surface area is 102 Å². The molecular formula is C14H18N2O. The van der Waals surface area contributed by atoms with Crippen molar-refractivity contribution in [1.82, 2.24) is 10.2 Å². The minimum Gasteiger partial charge on any atom is -0.333 e. The number of carbonyl (C=O) groups excluding carboxylic acids is 1. The van der Waals surface area contributed by atoms with Gasteiger partial charge in [0.2, 0.25) is 0 Å². The van der Waals surface area contributed by atoms with Gasteiger partial charge >= 0.3 is 6.03 Å². The fourth-order valence-electron chi connectivity index (χ4n) is 3.18. The molecule has 1 N–H and O–H groups in total. The van der Waals surface area contributed by atoms with Gasteiger partial charge in [-0.2, -0.15) is 0 Å². The Bertz CT molecular complexity index is 417. The maximum atomic E-state index is 11.6. The zero-order valence-electron chi connectivity index (χ0n) is 10.1. The van der Waals surface area contributed by atoms with Crippen LogP contribution in [-0.4, -0.2) is 30.1 Å². The predicted octanol–water partition coefficient (Wildman–Crippen LogP) is 2.35. The molecule has 1 heterocycles. The summed E-state index contributed by atoms with van der Waals surface area (Å²) in [6.45, 7) is 0. The first kappa shape index (κ1) is 10.6. The third kappa shape index (κ3) is 1.79. The van der Waals surface area contributed by atoms with Crippen LogP contribution in [-0.2, 0) is 0 Å². The van der Waals surface area contributed by atoms with E-state index in [0.29, 0.717) is 18.0 Å². The highest BCUT2D eigenvalue weighted by Crippen LogP contribution is 2.36. The fourth-order valence-corrected chi connectivity index (χ4v) is 3.18. The van der Waals surface area contributed by atoms with Crippen LogP contribution in [0.5, 0.6) is 0 Å². The first-order valence-electron chi connectivity index (χ1n) is 6.34. The van der Waals surface area contributed by atoms with E-state index in [1.807, 2.05) is 11.9 Å². The van der Waals surface area contributed by atoms with Gasteiger partial charge in [0, 0.05) is 7.05 Å². The van der Waals surface area contributed by atoms with Gasteiger partial charge in [-0.05, 0) is 30.7 Å². The highest BCUT2D eigenvalue weighted by atomic mass is 16.2. The molecule has 1 aromatic carbocycles. The third-order valence-corrected chi connectivity index (χ3v) is 4.21. The molecule has 1 saturated heterocycles. The maximum absolute atomic E-state index is 11.6. The van der Waals surface area contributed by atoms with Crippen molar-refractivity contribution in [2.75, 3.05) is 7.05 Å². The van der Waals surface area contributed by atoms with E-state index in [0.717, 1.165) is 12.8 Å². The Hall–Kier alpha value is -1.51. The van der Waals surface area contributed by atoms with E-state index >= 15 is 0 Å². The third-order valence-electron chi connectivity index (χ3n) is 4.21. The van der Waals surface area contributed by atoms with Gasteiger partial charge in [-0.1, -0.05) is 30.3 Å². The average Bonchev–Trinajstić information content (AvgIpc) is 2.66. The van der Waals surface area contributed by atoms with Crippen LogP contribution in [0.25, 0.3) is 0 Å². The number of likely N-dealkylation sites (N-methyl/N-ethyl adjacent to an activating group) is 1. The molecule has 3 atom stereocenters. The van der Waals surface area contributed by atoms with Gasteiger partial charge in [0.15, 0.2) is 0 Å². The molecule has 2 amide bonds. The van der Waals surface area contributed by atoms with Crippen LogP contribution in [0, 0.1) is 0 Å². The second-order valence-corrected chi connectivity index (χ2v) is 5.15. The number of urea groups is 1. The number of benzene rings is 1. The molecule has 3 nitrogen and oxygen atoms in total. The summed E-state index contributed by atoms with van der Waals surface area (Å²) in [6, 6.07) is 11.5. The van der Waals surface area contributed by atoms with Crippen LogP contribution in [0.3, 0.4) is 0 Å². The molecule has 90 valence electrons. The normalized spacial score (nSPS) is 32.2. The number of nitrogens with zero attached hydrogens (tertiary/aromatic N) is 1. The summed E-state index contributed by atoms with van der Waals surface area (Å²) in [5.74, 6) is 0.604. The molecule has 0 bridgehead atoms. The number of rotatable bonds is 1. The summed E-state index contributed by atoms with van der Waals surface area (Å²) in [5, 5.41) is 3.06. The van der Waals surface area contributed by atoms with Crippen molar-refractivity contribution in [1.29, 1.82) is 0 Å². The molecule has 0 aromatic heterocycles. The monoisotopic (exact) mass is 230 g/mol. The Morgan fingerprint density at radius 3 is 2.76 bits per heavy atom. The smallest absolute Gasteiger partial charge is 0.317 e. The van der Waals surface area contributed by atoms with Gasteiger partial charge < -0.3 is 10.2 Å². The van der Waals surface area contributed by atoms with Crippen molar-refractivity contribution in [3.8, 4) is 0 Å². The summed E-state index contributed by atoms with van der Waals surface area (Å²) in [5.41, 5.74) is 1.42. The standard InChI is InChI=1S/C14H18N2O/c1-16-13-9-11(10-5-3-2-4-6-10)7-8-12(13)15-14(16)17/h2-6,11-13H,7-9H2,1H3,(H,15,17)/t11?,12-,13-/m1/s1. The minimum absolute atomic E-state index is 0.0914. The lowest BCUT2D eigenvalue weighted by Gasteiger charge is -2.33. The largest absolute Gasteiger partial charge is 0.333 e. The molecule has 17 heavy (non-hydrogen) atoms. The fraction of sp³-hybridized carbons (Fsp3) is 0.500. The van der Waals surface area contributed by atoms with E-state index in [-0.39, 0.29) is 6.03 Å². The molecule has 3 heteroatoms. The molecule has 1 saturated carbocycles. The van der Waals surface area contributed by atoms with Crippen molar-refractivity contribution >= 4 is 6.03 Å². The quantitative estimate of drug-likeness (QED) is 0.789. The van der Waals surface area contributed by atoms with Crippen molar-refractivity contribution in [2.45, 2.75) is 37.3 Å². The van der Waals surface area contributed by atoms with E-state index < -0.39 is 0 Å². The number of hydrogen-bond acceptors (Lipinski definition) is 1. The van der Waals surface area contributed by atoms with Crippen molar-refractivity contribution in [3.05, 3.63) is 35.9 Å². The van der Waals surface area contributed by atoms with E-state index in [2.05, 4.69) is 35.6 Å². The number of carbonyl (C=O) groups is 1. The van der Waals surface area contributed by atoms with Crippen LogP contribution in [0.2, 0.25) is 0 Å². The lowest BCUT2D eigenvalue weighted by molar-refractivity contribution is 0.203. The molecule has 1 aromatic rings. The molecule has 3 rings (SSSR count). The zero-order chi connectivity index (χ0) is 11.8. The lowest BCUT2D eigenvalue weighted by Crippen LogP contribution is -2.39. The van der Waals surface area contributed by atoms with Crippen LogP contribution in [0.15, 0.2) is 30.3 Å². The van der Waals surface area contributed by atoms with E-state index in [4.69, 9.17) is 0 Å². The Morgan fingerprint density at radius 1 is 1.24 bits per heavy atom. The van der Waals surface area contributed by atoms with E-state index in [9.17, 15) is 4.79 Å². The molecule has 1 aliphatic carbocycles. The number of hydrogen-bond donors (Lipinski definition) is 1. The van der Waals surface area contributed by atoms with Gasteiger partial charge in [0.05, 0.1) is 12.1 Å². The highest BCUT2D eigenvalue weighted by molar-refractivity contribution is 5.77.